The number of aromatic nitrogens is 1. The topological polar surface area (TPSA) is 79.6 Å². The van der Waals surface area contributed by atoms with E-state index in [4.69, 9.17) is 0 Å². The van der Waals surface area contributed by atoms with Gasteiger partial charge in [0.15, 0.2) is 6.04 Å². The van der Waals surface area contributed by atoms with Crippen molar-refractivity contribution >= 4 is 11.9 Å². The van der Waals surface area contributed by atoms with Crippen LogP contribution in [0.5, 0.6) is 0 Å². The quantitative estimate of drug-likeness (QED) is 0.922. The van der Waals surface area contributed by atoms with Crippen LogP contribution in [-0.4, -0.2) is 33.0 Å². The zero-order valence-electron chi connectivity index (χ0n) is 13.1. The number of carbonyl (C=O) groups is 2. The molecule has 0 saturated heterocycles. The molecule has 1 unspecified atom stereocenters. The number of carbonyl (C=O) groups excluding carboxylic acids is 1. The highest BCUT2D eigenvalue weighted by atomic mass is 16.4. The zero-order chi connectivity index (χ0) is 17.1. The summed E-state index contributed by atoms with van der Waals surface area (Å²) in [4.78, 5) is 37.4. The second kappa shape index (κ2) is 6.70. The molecular formula is C18H18N2O4. The third-order valence-electron chi connectivity index (χ3n) is 4.30. The molecule has 3 rings (SSSR count). The van der Waals surface area contributed by atoms with Gasteiger partial charge in [-0.25, -0.2) is 4.79 Å². The molecule has 1 N–H and O–H groups in total. The van der Waals surface area contributed by atoms with E-state index in [1.165, 1.54) is 15.5 Å². The van der Waals surface area contributed by atoms with Crippen LogP contribution in [0.4, 0.5) is 0 Å². The van der Waals surface area contributed by atoms with Gasteiger partial charge in [0, 0.05) is 31.8 Å². The summed E-state index contributed by atoms with van der Waals surface area (Å²) in [5, 5.41) is 9.58. The molecule has 24 heavy (non-hydrogen) atoms. The van der Waals surface area contributed by atoms with Crippen molar-refractivity contribution in [1.29, 1.82) is 0 Å². The fourth-order valence-electron chi connectivity index (χ4n) is 3.11. The molecule has 2 aromatic rings. The van der Waals surface area contributed by atoms with Crippen molar-refractivity contribution in [2.24, 2.45) is 0 Å². The van der Waals surface area contributed by atoms with Crippen molar-refractivity contribution in [3.8, 4) is 0 Å². The number of carboxylic acids is 1. The number of nitrogens with zero attached hydrogens (tertiary/aromatic N) is 2. The molecule has 1 aromatic carbocycles. The Hall–Kier alpha value is -2.89. The van der Waals surface area contributed by atoms with Crippen LogP contribution >= 0.6 is 0 Å². The average molecular weight is 326 g/mol. The maximum absolute atomic E-state index is 12.6. The summed E-state index contributed by atoms with van der Waals surface area (Å²) >= 11 is 0. The molecule has 124 valence electrons. The summed E-state index contributed by atoms with van der Waals surface area (Å²) in [5.74, 6) is -1.29. The minimum Gasteiger partial charge on any atom is -0.479 e. The molecule has 0 fully saturated rings. The number of carboxylic acid groups (broad SMARTS) is 1. The molecule has 6 nitrogen and oxygen atoms in total. The molecule has 0 radical (unpaired) electrons. The van der Waals surface area contributed by atoms with Crippen molar-refractivity contribution < 1.29 is 14.7 Å². The SMILES string of the molecule is O=C(O)C1c2ccccc2CCN1C(=O)CCn1ccccc1=O. The van der Waals surface area contributed by atoms with E-state index in [1.807, 2.05) is 12.1 Å². The van der Waals surface area contributed by atoms with E-state index in [0.717, 1.165) is 5.56 Å². The number of hydrogen-bond acceptors (Lipinski definition) is 3. The van der Waals surface area contributed by atoms with Crippen LogP contribution in [0, 0.1) is 0 Å². The Balaban J connectivity index is 1.78. The molecule has 0 aliphatic carbocycles. The number of aliphatic carboxylic acids is 1. The van der Waals surface area contributed by atoms with Gasteiger partial charge in [0.1, 0.15) is 0 Å². The lowest BCUT2D eigenvalue weighted by atomic mass is 9.92. The molecule has 2 heterocycles. The van der Waals surface area contributed by atoms with E-state index in [1.54, 1.807) is 30.5 Å². The Bertz CT molecular complexity index is 828. The van der Waals surface area contributed by atoms with Gasteiger partial charge >= 0.3 is 5.97 Å². The first-order valence-electron chi connectivity index (χ1n) is 7.83. The molecule has 1 amide bonds. The second-order valence-corrected chi connectivity index (χ2v) is 5.76. The highest BCUT2D eigenvalue weighted by molar-refractivity contribution is 5.85. The Labute approximate surface area is 139 Å². The van der Waals surface area contributed by atoms with Crippen LogP contribution in [0.15, 0.2) is 53.5 Å². The predicted octanol–water partition coefficient (Wildman–Crippen LogP) is 1.45. The summed E-state index contributed by atoms with van der Waals surface area (Å²) < 4.78 is 1.45. The van der Waals surface area contributed by atoms with Gasteiger partial charge in [-0.2, -0.15) is 0 Å². The zero-order valence-corrected chi connectivity index (χ0v) is 13.1. The number of benzene rings is 1. The van der Waals surface area contributed by atoms with E-state index in [-0.39, 0.29) is 24.4 Å². The largest absolute Gasteiger partial charge is 0.479 e. The van der Waals surface area contributed by atoms with Crippen LogP contribution in [0.3, 0.4) is 0 Å². The van der Waals surface area contributed by atoms with Crippen molar-refractivity contribution in [3.05, 3.63) is 70.1 Å². The van der Waals surface area contributed by atoms with Crippen LogP contribution in [0.1, 0.15) is 23.6 Å². The first kappa shape index (κ1) is 16.0. The molecule has 6 heteroatoms. The monoisotopic (exact) mass is 326 g/mol. The van der Waals surface area contributed by atoms with E-state index in [9.17, 15) is 19.5 Å². The Kier molecular flexibility index (Phi) is 4.46. The summed E-state index contributed by atoms with van der Waals surface area (Å²) in [6.07, 6.45) is 2.35. The Morgan fingerprint density at radius 2 is 1.88 bits per heavy atom. The smallest absolute Gasteiger partial charge is 0.331 e. The van der Waals surface area contributed by atoms with Crippen molar-refractivity contribution in [1.82, 2.24) is 9.47 Å². The summed E-state index contributed by atoms with van der Waals surface area (Å²) in [7, 11) is 0. The van der Waals surface area contributed by atoms with E-state index < -0.39 is 12.0 Å². The lowest BCUT2D eigenvalue weighted by Gasteiger charge is -2.34. The lowest BCUT2D eigenvalue weighted by Crippen LogP contribution is -2.44. The molecule has 1 aromatic heterocycles. The molecule has 1 aliphatic rings. The van der Waals surface area contributed by atoms with Gasteiger partial charge in [-0.3, -0.25) is 9.59 Å². The van der Waals surface area contributed by atoms with Crippen LogP contribution in [0.2, 0.25) is 0 Å². The first-order valence-corrected chi connectivity index (χ1v) is 7.83. The highest BCUT2D eigenvalue weighted by Gasteiger charge is 2.35. The van der Waals surface area contributed by atoms with Crippen LogP contribution in [0.25, 0.3) is 0 Å². The number of pyridine rings is 1. The van der Waals surface area contributed by atoms with Crippen LogP contribution < -0.4 is 5.56 Å². The third-order valence-corrected chi connectivity index (χ3v) is 4.30. The fraction of sp³-hybridized carbons (Fsp3) is 0.278. The fourth-order valence-corrected chi connectivity index (χ4v) is 3.11. The van der Waals surface area contributed by atoms with E-state index >= 15 is 0 Å². The van der Waals surface area contributed by atoms with Crippen molar-refractivity contribution in [2.45, 2.75) is 25.4 Å². The standard InChI is InChI=1S/C18H18N2O4/c21-15-7-3-4-10-19(15)11-9-16(22)20-12-8-13-5-1-2-6-14(13)17(20)18(23)24/h1-7,10,17H,8-9,11-12H2,(H,23,24). The summed E-state index contributed by atoms with van der Waals surface area (Å²) in [6.45, 7) is 0.611. The molecule has 0 spiro atoms. The molecule has 1 atom stereocenters. The Morgan fingerprint density at radius 1 is 1.12 bits per heavy atom. The van der Waals surface area contributed by atoms with Crippen LogP contribution in [-0.2, 0) is 22.6 Å². The number of amides is 1. The van der Waals surface area contributed by atoms with Gasteiger partial charge in [0.05, 0.1) is 0 Å². The van der Waals surface area contributed by atoms with Gasteiger partial charge in [0.25, 0.3) is 5.56 Å². The molecule has 1 aliphatic heterocycles. The summed E-state index contributed by atoms with van der Waals surface area (Å²) in [5.41, 5.74) is 1.46. The van der Waals surface area contributed by atoms with Gasteiger partial charge in [0.2, 0.25) is 5.91 Å². The maximum Gasteiger partial charge on any atom is 0.331 e. The van der Waals surface area contributed by atoms with Crippen molar-refractivity contribution in [2.75, 3.05) is 6.54 Å². The normalized spacial score (nSPS) is 16.5. The molecular weight excluding hydrogens is 308 g/mol. The van der Waals surface area contributed by atoms with Gasteiger partial charge in [-0.15, -0.1) is 0 Å². The average Bonchev–Trinajstić information content (AvgIpc) is 2.59. The van der Waals surface area contributed by atoms with Gasteiger partial charge in [-0.05, 0) is 23.6 Å². The number of fused-ring (bicyclic) bond motifs is 1. The van der Waals surface area contributed by atoms with Gasteiger partial charge in [-0.1, -0.05) is 30.3 Å². The first-order chi connectivity index (χ1) is 11.6. The van der Waals surface area contributed by atoms with E-state index in [2.05, 4.69) is 0 Å². The summed E-state index contributed by atoms with van der Waals surface area (Å²) in [6, 6.07) is 11.2. The minimum atomic E-state index is -1.03. The molecule has 0 bridgehead atoms. The third kappa shape index (κ3) is 3.08. The molecule has 0 saturated carbocycles. The number of hydrogen-bond donors (Lipinski definition) is 1. The highest BCUT2D eigenvalue weighted by Crippen LogP contribution is 2.30. The Morgan fingerprint density at radius 3 is 2.62 bits per heavy atom. The van der Waals surface area contributed by atoms with E-state index in [0.29, 0.717) is 18.5 Å². The van der Waals surface area contributed by atoms with Crippen molar-refractivity contribution in [3.63, 3.8) is 0 Å². The lowest BCUT2D eigenvalue weighted by molar-refractivity contribution is -0.151. The number of rotatable bonds is 4. The second-order valence-electron chi connectivity index (χ2n) is 5.76. The van der Waals surface area contributed by atoms with Gasteiger partial charge < -0.3 is 14.6 Å². The predicted molar refractivity (Wildman–Crippen MR) is 87.6 cm³/mol. The minimum absolute atomic E-state index is 0.0931. The maximum atomic E-state index is 12.6. The number of aryl methyl sites for hydroxylation is 1.